The highest BCUT2D eigenvalue weighted by atomic mass is 35.5. The summed E-state index contributed by atoms with van der Waals surface area (Å²) in [5, 5.41) is 20.9. The number of aromatic nitrogens is 6. The van der Waals surface area contributed by atoms with E-state index in [9.17, 15) is 0 Å². The number of hydrogen-bond acceptors (Lipinski definition) is 9. The average molecular weight is 629 g/mol. The van der Waals surface area contributed by atoms with Gasteiger partial charge in [0.2, 0.25) is 5.95 Å². The third-order valence-corrected chi connectivity index (χ3v) is 7.28. The number of halogens is 4. The molecule has 0 amide bonds. The summed E-state index contributed by atoms with van der Waals surface area (Å²) in [5.74, 6) is 1.40. The van der Waals surface area contributed by atoms with E-state index in [0.717, 1.165) is 22.3 Å². The van der Waals surface area contributed by atoms with Gasteiger partial charge in [0.05, 0.1) is 20.1 Å². The van der Waals surface area contributed by atoms with Crippen molar-refractivity contribution in [3.05, 3.63) is 97.2 Å². The maximum atomic E-state index is 6.37. The molecule has 2 aromatic heterocycles. The largest absolute Gasteiger partial charge is 0.382 e. The topological polar surface area (TPSA) is 141 Å². The Morgan fingerprint density at radius 3 is 1.83 bits per heavy atom. The SMILES string of the molecule is Cc1cc(Cl)c(Cl)c(-c2nnc(C)nc2NCc2ccccc2)c1.Cc1cc(Cl)c(Cl)c(-c2nnc(N)nc2N)c1. The van der Waals surface area contributed by atoms with E-state index in [1.54, 1.807) is 13.0 Å². The predicted molar refractivity (Wildman–Crippen MR) is 167 cm³/mol. The minimum Gasteiger partial charge on any atom is -0.382 e. The maximum Gasteiger partial charge on any atom is 0.242 e. The maximum absolute atomic E-state index is 6.37. The van der Waals surface area contributed by atoms with Crippen LogP contribution in [0.1, 0.15) is 22.5 Å². The van der Waals surface area contributed by atoms with Crippen LogP contribution in [0.15, 0.2) is 54.6 Å². The third kappa shape index (κ3) is 7.51. The first-order valence-corrected chi connectivity index (χ1v) is 13.7. The first-order chi connectivity index (χ1) is 19.5. The molecular weight excluding hydrogens is 604 g/mol. The Balaban J connectivity index is 0.000000201. The van der Waals surface area contributed by atoms with E-state index in [-0.39, 0.29) is 11.8 Å². The average Bonchev–Trinajstić information content (AvgIpc) is 2.93. The van der Waals surface area contributed by atoms with Crippen molar-refractivity contribution >= 4 is 64.0 Å². The zero-order chi connectivity index (χ0) is 29.7. The van der Waals surface area contributed by atoms with E-state index in [2.05, 4.69) is 35.7 Å². The summed E-state index contributed by atoms with van der Waals surface area (Å²) in [6, 6.07) is 17.4. The highest BCUT2D eigenvalue weighted by Crippen LogP contribution is 2.37. The van der Waals surface area contributed by atoms with E-state index >= 15 is 0 Å². The Hall–Kier alpha value is -3.76. The van der Waals surface area contributed by atoms with Gasteiger partial charge in [-0.25, -0.2) is 4.98 Å². The molecule has 0 spiro atoms. The Morgan fingerprint density at radius 1 is 0.683 bits per heavy atom. The zero-order valence-corrected chi connectivity index (χ0v) is 25.3. The van der Waals surface area contributed by atoms with Crippen LogP contribution in [0.25, 0.3) is 22.5 Å². The predicted octanol–water partition coefficient (Wildman–Crippen LogP) is 7.39. The van der Waals surface area contributed by atoms with E-state index in [1.165, 1.54) is 0 Å². The monoisotopic (exact) mass is 627 g/mol. The number of nitrogens with one attached hydrogen (secondary N) is 1. The van der Waals surface area contributed by atoms with Gasteiger partial charge in [-0.05, 0) is 61.7 Å². The Kier molecular flexibility index (Phi) is 9.77. The minimum absolute atomic E-state index is 0.0149. The van der Waals surface area contributed by atoms with Crippen molar-refractivity contribution in [1.29, 1.82) is 0 Å². The molecule has 2 heterocycles. The summed E-state index contributed by atoms with van der Waals surface area (Å²) in [5.41, 5.74) is 16.5. The quantitative estimate of drug-likeness (QED) is 0.181. The highest BCUT2D eigenvalue weighted by Gasteiger charge is 2.17. The second kappa shape index (κ2) is 13.3. The van der Waals surface area contributed by atoms with Gasteiger partial charge in [0.25, 0.3) is 0 Å². The molecule has 5 rings (SSSR count). The number of nitrogens with two attached hydrogens (primary N) is 2. The normalized spacial score (nSPS) is 10.6. The molecule has 41 heavy (non-hydrogen) atoms. The van der Waals surface area contributed by atoms with Crippen LogP contribution < -0.4 is 16.8 Å². The van der Waals surface area contributed by atoms with E-state index < -0.39 is 0 Å². The molecule has 0 bridgehead atoms. The van der Waals surface area contributed by atoms with Gasteiger partial charge in [0.15, 0.2) is 11.6 Å². The van der Waals surface area contributed by atoms with Gasteiger partial charge < -0.3 is 16.8 Å². The third-order valence-electron chi connectivity index (χ3n) is 5.68. The van der Waals surface area contributed by atoms with Crippen molar-refractivity contribution in [1.82, 2.24) is 30.4 Å². The molecule has 210 valence electrons. The van der Waals surface area contributed by atoms with Crippen molar-refractivity contribution in [2.45, 2.75) is 27.3 Å². The molecule has 0 aliphatic heterocycles. The van der Waals surface area contributed by atoms with Gasteiger partial charge in [-0.2, -0.15) is 4.98 Å². The fourth-order valence-corrected chi connectivity index (χ4v) is 4.78. The highest BCUT2D eigenvalue weighted by molar-refractivity contribution is 6.44. The van der Waals surface area contributed by atoms with E-state index in [4.69, 9.17) is 57.9 Å². The van der Waals surface area contributed by atoms with E-state index in [1.807, 2.05) is 62.4 Å². The molecule has 5 N–H and O–H groups in total. The summed E-state index contributed by atoms with van der Waals surface area (Å²) in [6.45, 7) is 6.27. The summed E-state index contributed by atoms with van der Waals surface area (Å²) < 4.78 is 0. The molecule has 0 saturated carbocycles. The molecule has 9 nitrogen and oxygen atoms in total. The van der Waals surface area contributed by atoms with E-state index in [0.29, 0.717) is 55.2 Å². The molecular formula is C28H25Cl4N9. The second-order valence-electron chi connectivity index (χ2n) is 9.02. The number of hydrogen-bond donors (Lipinski definition) is 3. The van der Waals surface area contributed by atoms with Gasteiger partial charge in [-0.15, -0.1) is 20.4 Å². The fraction of sp³-hybridized carbons (Fsp3) is 0.143. The number of anilines is 3. The smallest absolute Gasteiger partial charge is 0.242 e. The van der Waals surface area contributed by atoms with Crippen molar-refractivity contribution < 1.29 is 0 Å². The molecule has 0 aliphatic rings. The minimum atomic E-state index is 0.0149. The van der Waals surface area contributed by atoms with Gasteiger partial charge in [0, 0.05) is 17.7 Å². The molecule has 0 aliphatic carbocycles. The second-order valence-corrected chi connectivity index (χ2v) is 10.6. The number of rotatable bonds is 5. The van der Waals surface area contributed by atoms with Crippen LogP contribution in [-0.2, 0) is 6.54 Å². The molecule has 0 atom stereocenters. The van der Waals surface area contributed by atoms with Crippen LogP contribution in [0, 0.1) is 20.8 Å². The lowest BCUT2D eigenvalue weighted by atomic mass is 10.1. The lowest BCUT2D eigenvalue weighted by Crippen LogP contribution is -2.07. The van der Waals surface area contributed by atoms with Crippen molar-refractivity contribution in [3.8, 4) is 22.5 Å². The zero-order valence-electron chi connectivity index (χ0n) is 22.3. The lowest BCUT2D eigenvalue weighted by molar-refractivity contribution is 0.907. The molecule has 0 radical (unpaired) electrons. The summed E-state index contributed by atoms with van der Waals surface area (Å²) >= 11 is 24.7. The molecule has 0 unspecified atom stereocenters. The van der Waals surface area contributed by atoms with Gasteiger partial charge in [-0.1, -0.05) is 76.7 Å². The number of nitrogen functional groups attached to an aromatic ring is 2. The summed E-state index contributed by atoms with van der Waals surface area (Å²) in [7, 11) is 0. The number of benzene rings is 3. The summed E-state index contributed by atoms with van der Waals surface area (Å²) in [6.07, 6.45) is 0. The van der Waals surface area contributed by atoms with Crippen LogP contribution in [0.2, 0.25) is 20.1 Å². The van der Waals surface area contributed by atoms with Crippen molar-refractivity contribution in [2.24, 2.45) is 0 Å². The Bertz CT molecular complexity index is 1700. The van der Waals surface area contributed by atoms with Gasteiger partial charge in [0.1, 0.15) is 17.2 Å². The fourth-order valence-electron chi connectivity index (χ4n) is 3.83. The first kappa shape index (κ1) is 30.2. The van der Waals surface area contributed by atoms with Crippen LogP contribution in [-0.4, -0.2) is 30.4 Å². The standard InChI is InChI=1S/C18H16Cl2N4.C10H9Cl2N5/c1-11-8-14(16(20)15(19)9-11)17-18(22-12(2)23-24-17)21-10-13-6-4-3-5-7-13;1-4-2-5(7(12)6(11)3-4)8-9(13)15-10(14)17-16-8/h3-9H,10H2,1-2H3,(H,21,22,23);2-3H,1H3,(H4,13,14,15,17). The number of aryl methyl sites for hydroxylation is 3. The Morgan fingerprint density at radius 2 is 1.24 bits per heavy atom. The molecule has 3 aromatic carbocycles. The van der Waals surface area contributed by atoms with Crippen LogP contribution in [0.5, 0.6) is 0 Å². The molecule has 0 fully saturated rings. The van der Waals surface area contributed by atoms with Gasteiger partial charge >= 0.3 is 0 Å². The summed E-state index contributed by atoms with van der Waals surface area (Å²) in [4.78, 5) is 8.31. The van der Waals surface area contributed by atoms with Crippen LogP contribution >= 0.6 is 46.4 Å². The molecule has 5 aromatic rings. The van der Waals surface area contributed by atoms with Crippen LogP contribution in [0.3, 0.4) is 0 Å². The van der Waals surface area contributed by atoms with Crippen molar-refractivity contribution in [2.75, 3.05) is 16.8 Å². The van der Waals surface area contributed by atoms with Crippen LogP contribution in [0.4, 0.5) is 17.6 Å². The number of nitrogens with zero attached hydrogens (tertiary/aromatic N) is 6. The molecule has 0 saturated heterocycles. The first-order valence-electron chi connectivity index (χ1n) is 12.2. The Labute approximate surface area is 257 Å². The van der Waals surface area contributed by atoms with Crippen molar-refractivity contribution in [3.63, 3.8) is 0 Å². The lowest BCUT2D eigenvalue weighted by Gasteiger charge is -2.13. The van der Waals surface area contributed by atoms with Gasteiger partial charge in [-0.3, -0.25) is 0 Å². The molecule has 13 heteroatoms.